The van der Waals surface area contributed by atoms with Gasteiger partial charge in [-0.2, -0.15) is 13.2 Å². The first-order valence-corrected chi connectivity index (χ1v) is 14.2. The Morgan fingerprint density at radius 2 is 1.52 bits per heavy atom. The number of nitrogens with zero attached hydrogens (tertiary/aromatic N) is 3. The van der Waals surface area contributed by atoms with E-state index in [4.69, 9.17) is 11.6 Å². The molecule has 2 saturated heterocycles. The van der Waals surface area contributed by atoms with Crippen molar-refractivity contribution in [3.63, 3.8) is 0 Å². The maximum Gasteiger partial charge on any atom is 0.379 e. The molecule has 10 heteroatoms. The van der Waals surface area contributed by atoms with Gasteiger partial charge in [0.15, 0.2) is 6.10 Å². The number of anilines is 1. The largest absolute Gasteiger partial charge is 0.379 e. The van der Waals surface area contributed by atoms with E-state index < -0.39 is 12.8 Å². The minimum atomic E-state index is -3.67. The van der Waals surface area contributed by atoms with Gasteiger partial charge in [-0.15, -0.1) is 0 Å². The third-order valence-electron chi connectivity index (χ3n) is 7.93. The van der Waals surface area contributed by atoms with E-state index in [0.717, 1.165) is 57.5 Å². The van der Waals surface area contributed by atoms with Crippen LogP contribution in [0.15, 0.2) is 48.5 Å². The number of hydrogen-bond acceptors (Lipinski definition) is 4. The Hall–Kier alpha value is -2.78. The Labute approximate surface area is 239 Å². The molecule has 1 N–H and O–H groups in total. The number of rotatable bonds is 7. The van der Waals surface area contributed by atoms with Crippen LogP contribution in [-0.4, -0.2) is 73.2 Å². The summed E-state index contributed by atoms with van der Waals surface area (Å²) in [6, 6.07) is 15.0. The molecule has 0 radical (unpaired) electrons. The van der Waals surface area contributed by atoms with E-state index in [1.165, 1.54) is 6.42 Å². The quantitative estimate of drug-likeness (QED) is 0.424. The van der Waals surface area contributed by atoms with Gasteiger partial charge in [-0.05, 0) is 74.6 Å². The Morgan fingerprint density at radius 1 is 0.975 bits per heavy atom. The van der Waals surface area contributed by atoms with Crippen molar-refractivity contribution in [1.82, 2.24) is 9.80 Å². The first kappa shape index (κ1) is 31.7. The predicted molar refractivity (Wildman–Crippen MR) is 151 cm³/mol. The van der Waals surface area contributed by atoms with Crippen molar-refractivity contribution in [1.29, 1.82) is 0 Å². The highest BCUT2D eigenvalue weighted by Gasteiger charge is 2.30. The van der Waals surface area contributed by atoms with Crippen molar-refractivity contribution in [2.45, 2.75) is 51.8 Å². The standard InChI is InChI=1S/C29H38ClN3O3.CHF3/c1-3-31(2)28(35)25-10-9-24(20-26(25)30)32-15-11-21(12-16-32)19-22-13-17-33(18-14-22)29(36)27(34)23-7-5-4-6-8-23;2-1(3)4/h4-10,20-22,27,34H,3,11-19H2,1-2H3;1H/t27-;/m1./s1. The molecule has 0 saturated carbocycles. The van der Waals surface area contributed by atoms with Crippen LogP contribution in [0.3, 0.4) is 0 Å². The minimum Gasteiger partial charge on any atom is -0.378 e. The summed E-state index contributed by atoms with van der Waals surface area (Å²) in [5.74, 6) is 1.10. The van der Waals surface area contributed by atoms with Crippen molar-refractivity contribution in [3.8, 4) is 0 Å². The fourth-order valence-electron chi connectivity index (χ4n) is 5.46. The van der Waals surface area contributed by atoms with Gasteiger partial charge in [0.25, 0.3) is 11.8 Å². The highest BCUT2D eigenvalue weighted by molar-refractivity contribution is 6.34. The summed E-state index contributed by atoms with van der Waals surface area (Å²) in [5, 5.41) is 11.0. The number of halogens is 4. The molecule has 220 valence electrons. The lowest BCUT2D eigenvalue weighted by Gasteiger charge is -2.38. The first-order valence-electron chi connectivity index (χ1n) is 13.8. The molecular weight excluding hydrogens is 543 g/mol. The van der Waals surface area contributed by atoms with Crippen LogP contribution in [-0.2, 0) is 4.79 Å². The topological polar surface area (TPSA) is 64.1 Å². The Balaban J connectivity index is 0.00000103. The summed E-state index contributed by atoms with van der Waals surface area (Å²) in [7, 11) is 1.78. The molecule has 0 aromatic heterocycles. The fourth-order valence-corrected chi connectivity index (χ4v) is 5.72. The van der Waals surface area contributed by atoms with Gasteiger partial charge in [0.1, 0.15) is 0 Å². The second-order valence-electron chi connectivity index (χ2n) is 10.5. The second-order valence-corrected chi connectivity index (χ2v) is 10.9. The summed E-state index contributed by atoms with van der Waals surface area (Å²) in [6.45, 7) is 2.36. The predicted octanol–water partition coefficient (Wildman–Crippen LogP) is 6.19. The average molecular weight is 582 g/mol. The van der Waals surface area contributed by atoms with Crippen LogP contribution in [0.5, 0.6) is 0 Å². The zero-order valence-corrected chi connectivity index (χ0v) is 23.9. The van der Waals surface area contributed by atoms with Gasteiger partial charge in [0.2, 0.25) is 0 Å². The summed E-state index contributed by atoms with van der Waals surface area (Å²) in [6.07, 6.45) is 4.43. The molecule has 0 spiro atoms. The van der Waals surface area contributed by atoms with E-state index in [-0.39, 0.29) is 11.8 Å². The lowest BCUT2D eigenvalue weighted by molar-refractivity contribution is -0.142. The third kappa shape index (κ3) is 8.86. The molecule has 2 aromatic carbocycles. The highest BCUT2D eigenvalue weighted by Crippen LogP contribution is 2.33. The van der Waals surface area contributed by atoms with Gasteiger partial charge in [0.05, 0.1) is 10.6 Å². The van der Waals surface area contributed by atoms with Gasteiger partial charge in [-0.3, -0.25) is 9.59 Å². The molecule has 40 heavy (non-hydrogen) atoms. The number of amides is 2. The van der Waals surface area contributed by atoms with E-state index in [0.29, 0.717) is 34.5 Å². The summed E-state index contributed by atoms with van der Waals surface area (Å²) < 4.78 is 29.0. The molecule has 2 aliphatic rings. The Morgan fingerprint density at radius 3 is 2.05 bits per heavy atom. The number of piperidine rings is 2. The molecular formula is C30H39ClF3N3O3. The monoisotopic (exact) mass is 581 g/mol. The SMILES string of the molecule is CCN(C)C(=O)c1ccc(N2CCC(CC3CCN(C(=O)[C@H](O)c4ccccc4)CC3)CC2)cc1Cl.FC(F)F. The number of carbonyl (C=O) groups excluding carboxylic acids is 2. The maximum absolute atomic E-state index is 12.7. The highest BCUT2D eigenvalue weighted by atomic mass is 35.5. The molecule has 1 atom stereocenters. The van der Waals surface area contributed by atoms with Crippen molar-refractivity contribution < 1.29 is 27.9 Å². The zero-order valence-electron chi connectivity index (χ0n) is 23.1. The number of hydrogen-bond donors (Lipinski definition) is 1. The first-order chi connectivity index (χ1) is 19.1. The van der Waals surface area contributed by atoms with Crippen LogP contribution < -0.4 is 4.90 Å². The van der Waals surface area contributed by atoms with Gasteiger partial charge >= 0.3 is 6.68 Å². The summed E-state index contributed by atoms with van der Waals surface area (Å²) in [4.78, 5) is 31.1. The molecule has 0 unspecified atom stereocenters. The number of benzene rings is 2. The van der Waals surface area contributed by atoms with Crippen LogP contribution >= 0.6 is 11.6 Å². The molecule has 0 aliphatic carbocycles. The number of likely N-dealkylation sites (tertiary alicyclic amines) is 1. The Kier molecular flexibility index (Phi) is 12.1. The van der Waals surface area contributed by atoms with E-state index in [1.54, 1.807) is 24.1 Å². The fraction of sp³-hybridized carbons (Fsp3) is 0.533. The van der Waals surface area contributed by atoms with Crippen LogP contribution in [0.1, 0.15) is 61.1 Å². The molecule has 2 aromatic rings. The lowest BCUT2D eigenvalue weighted by atomic mass is 9.82. The van der Waals surface area contributed by atoms with E-state index in [9.17, 15) is 27.9 Å². The van der Waals surface area contributed by atoms with E-state index in [1.807, 2.05) is 48.2 Å². The summed E-state index contributed by atoms with van der Waals surface area (Å²) >= 11 is 6.47. The zero-order chi connectivity index (χ0) is 29.2. The minimum absolute atomic E-state index is 0.0462. The molecule has 4 rings (SSSR count). The molecule has 2 aliphatic heterocycles. The summed E-state index contributed by atoms with van der Waals surface area (Å²) in [5.41, 5.74) is 2.30. The van der Waals surface area contributed by atoms with Gasteiger partial charge in [-0.25, -0.2) is 0 Å². The molecule has 2 heterocycles. The van der Waals surface area contributed by atoms with Gasteiger partial charge in [-0.1, -0.05) is 41.9 Å². The normalized spacial score (nSPS) is 17.3. The average Bonchev–Trinajstić information content (AvgIpc) is 2.96. The van der Waals surface area contributed by atoms with Crippen LogP contribution in [0, 0.1) is 11.8 Å². The smallest absolute Gasteiger partial charge is 0.378 e. The van der Waals surface area contributed by atoms with Crippen molar-refractivity contribution in [2.24, 2.45) is 11.8 Å². The number of carbonyl (C=O) groups is 2. The van der Waals surface area contributed by atoms with Gasteiger partial charge in [0, 0.05) is 45.5 Å². The molecule has 2 amide bonds. The van der Waals surface area contributed by atoms with Gasteiger partial charge < -0.3 is 19.8 Å². The maximum atomic E-state index is 12.7. The van der Waals surface area contributed by atoms with E-state index >= 15 is 0 Å². The third-order valence-corrected chi connectivity index (χ3v) is 8.24. The van der Waals surface area contributed by atoms with Crippen LogP contribution in [0.25, 0.3) is 0 Å². The molecule has 2 fully saturated rings. The van der Waals surface area contributed by atoms with Crippen molar-refractivity contribution in [2.75, 3.05) is 44.7 Å². The lowest BCUT2D eigenvalue weighted by Crippen LogP contribution is -2.42. The van der Waals surface area contributed by atoms with Crippen molar-refractivity contribution >= 4 is 29.1 Å². The molecule has 6 nitrogen and oxygen atoms in total. The number of aliphatic hydroxyl groups is 1. The van der Waals surface area contributed by atoms with Crippen LogP contribution in [0.2, 0.25) is 5.02 Å². The van der Waals surface area contributed by atoms with Crippen molar-refractivity contribution in [3.05, 3.63) is 64.7 Å². The van der Waals surface area contributed by atoms with E-state index in [2.05, 4.69) is 4.90 Å². The number of aliphatic hydroxyl groups excluding tert-OH is 1. The number of alkyl halides is 3. The Bertz CT molecular complexity index is 1090. The van der Waals surface area contributed by atoms with Crippen LogP contribution in [0.4, 0.5) is 18.9 Å². The second kappa shape index (κ2) is 15.3. The molecule has 0 bridgehead atoms.